The number of nitrogen functional groups attached to an aromatic ring is 1. The summed E-state index contributed by atoms with van der Waals surface area (Å²) in [6.07, 6.45) is 5.11. The van der Waals surface area contributed by atoms with Crippen molar-refractivity contribution >= 4 is 29.0 Å². The second-order valence-corrected chi connectivity index (χ2v) is 5.95. The number of imidazole rings is 1. The minimum absolute atomic E-state index is 0.348. The molecule has 5 N–H and O–H groups in total. The van der Waals surface area contributed by atoms with Gasteiger partial charge in [0.15, 0.2) is 0 Å². The summed E-state index contributed by atoms with van der Waals surface area (Å²) in [5.74, 6) is -0.152. The normalized spacial score (nSPS) is 11.2. The van der Waals surface area contributed by atoms with Gasteiger partial charge in [-0.3, -0.25) is 4.79 Å². The molecule has 0 aliphatic heterocycles. The van der Waals surface area contributed by atoms with Gasteiger partial charge in [-0.05, 0) is 31.0 Å². The number of hydrogen-bond donors (Lipinski definition) is 3. The van der Waals surface area contributed by atoms with Gasteiger partial charge in [-0.15, -0.1) is 0 Å². The summed E-state index contributed by atoms with van der Waals surface area (Å²) in [5, 5.41) is 2.65. The zero-order chi connectivity index (χ0) is 19.1. The van der Waals surface area contributed by atoms with Crippen molar-refractivity contribution in [3.63, 3.8) is 0 Å². The number of hydrogen-bond acceptors (Lipinski definition) is 5. The topological polar surface area (TPSA) is 125 Å². The van der Waals surface area contributed by atoms with E-state index in [1.165, 1.54) is 0 Å². The van der Waals surface area contributed by atoms with E-state index in [0.717, 1.165) is 23.9 Å². The third-order valence-electron chi connectivity index (χ3n) is 3.90. The molecule has 140 valence electrons. The minimum atomic E-state index is -0.500. The Balaban J connectivity index is 1.99. The third kappa shape index (κ3) is 4.75. The van der Waals surface area contributed by atoms with Gasteiger partial charge in [-0.2, -0.15) is 0 Å². The van der Waals surface area contributed by atoms with E-state index in [-0.39, 0.29) is 0 Å². The highest BCUT2D eigenvalue weighted by atomic mass is 16.5. The number of amides is 2. The summed E-state index contributed by atoms with van der Waals surface area (Å²) < 4.78 is 6.84. The zero-order valence-electron chi connectivity index (χ0n) is 15.1. The van der Waals surface area contributed by atoms with Gasteiger partial charge < -0.3 is 26.1 Å². The molecular weight excluding hydrogens is 334 g/mol. The van der Waals surface area contributed by atoms with E-state index in [2.05, 4.69) is 10.3 Å². The van der Waals surface area contributed by atoms with Gasteiger partial charge in [-0.25, -0.2) is 9.78 Å². The molecule has 1 aromatic carbocycles. The summed E-state index contributed by atoms with van der Waals surface area (Å²) in [7, 11) is 0. The second kappa shape index (κ2) is 8.89. The van der Waals surface area contributed by atoms with Crippen LogP contribution in [0.5, 0.6) is 0 Å². The van der Waals surface area contributed by atoms with Gasteiger partial charge in [-0.1, -0.05) is 25.5 Å². The predicted octanol–water partition coefficient (Wildman–Crippen LogP) is 2.11. The number of aromatic nitrogens is 2. The SMILES string of the molecule is CCCCOC(=O)NC/C=C/Cn1c(N)nc2cc(C(N)=O)cc(C)c21. The maximum atomic E-state index is 11.4. The molecule has 2 aromatic rings. The van der Waals surface area contributed by atoms with Crippen LogP contribution in [0, 0.1) is 6.92 Å². The van der Waals surface area contributed by atoms with Crippen molar-refractivity contribution in [1.29, 1.82) is 0 Å². The first-order chi connectivity index (χ1) is 12.4. The highest BCUT2D eigenvalue weighted by molar-refractivity contribution is 5.97. The van der Waals surface area contributed by atoms with Crippen molar-refractivity contribution in [2.45, 2.75) is 33.2 Å². The molecule has 0 saturated carbocycles. The molecule has 0 fully saturated rings. The molecule has 0 radical (unpaired) electrons. The Bertz CT molecular complexity index is 826. The molecule has 0 bridgehead atoms. The maximum Gasteiger partial charge on any atom is 0.407 e. The molecule has 0 saturated heterocycles. The van der Waals surface area contributed by atoms with Crippen LogP contribution in [0.25, 0.3) is 11.0 Å². The van der Waals surface area contributed by atoms with Crippen LogP contribution in [0.3, 0.4) is 0 Å². The van der Waals surface area contributed by atoms with Crippen molar-refractivity contribution in [2.75, 3.05) is 18.9 Å². The average molecular weight is 359 g/mol. The van der Waals surface area contributed by atoms with Crippen molar-refractivity contribution in [1.82, 2.24) is 14.9 Å². The first-order valence-corrected chi connectivity index (χ1v) is 8.55. The lowest BCUT2D eigenvalue weighted by molar-refractivity contribution is 0.1000. The molecule has 1 aromatic heterocycles. The Labute approximate surface area is 152 Å². The van der Waals surface area contributed by atoms with Gasteiger partial charge in [0, 0.05) is 18.7 Å². The van der Waals surface area contributed by atoms with E-state index >= 15 is 0 Å². The number of nitrogens with zero attached hydrogens (tertiary/aromatic N) is 2. The number of carbonyl (C=O) groups excluding carboxylic acids is 2. The molecule has 8 heteroatoms. The lowest BCUT2D eigenvalue weighted by Crippen LogP contribution is -2.24. The maximum absolute atomic E-state index is 11.4. The molecule has 26 heavy (non-hydrogen) atoms. The number of unbranched alkanes of at least 4 members (excludes halogenated alkanes) is 1. The number of primary amides is 1. The number of benzene rings is 1. The fourth-order valence-corrected chi connectivity index (χ4v) is 2.59. The van der Waals surface area contributed by atoms with Gasteiger partial charge in [0.2, 0.25) is 11.9 Å². The van der Waals surface area contributed by atoms with Gasteiger partial charge in [0.25, 0.3) is 0 Å². The molecule has 0 aliphatic carbocycles. The number of allylic oxidation sites excluding steroid dienone is 1. The van der Waals surface area contributed by atoms with Crippen molar-refractivity contribution in [3.05, 3.63) is 35.4 Å². The van der Waals surface area contributed by atoms with Gasteiger partial charge >= 0.3 is 6.09 Å². The zero-order valence-corrected chi connectivity index (χ0v) is 15.1. The predicted molar refractivity (Wildman–Crippen MR) is 101 cm³/mol. The molecule has 0 spiro atoms. The summed E-state index contributed by atoms with van der Waals surface area (Å²) in [6, 6.07) is 3.36. The van der Waals surface area contributed by atoms with Crippen LogP contribution >= 0.6 is 0 Å². The first-order valence-electron chi connectivity index (χ1n) is 8.55. The van der Waals surface area contributed by atoms with E-state index in [0.29, 0.717) is 36.7 Å². The van der Waals surface area contributed by atoms with E-state index < -0.39 is 12.0 Å². The molecule has 0 atom stereocenters. The van der Waals surface area contributed by atoms with Gasteiger partial charge in [0.1, 0.15) is 0 Å². The number of nitrogens with one attached hydrogen (secondary N) is 1. The Hall–Kier alpha value is -3.03. The van der Waals surface area contributed by atoms with Crippen LogP contribution in [0.1, 0.15) is 35.7 Å². The third-order valence-corrected chi connectivity index (χ3v) is 3.90. The molecule has 8 nitrogen and oxygen atoms in total. The largest absolute Gasteiger partial charge is 0.450 e. The van der Waals surface area contributed by atoms with Crippen LogP contribution in [0.4, 0.5) is 10.7 Å². The molecule has 0 aliphatic rings. The van der Waals surface area contributed by atoms with E-state index in [4.69, 9.17) is 16.2 Å². The monoisotopic (exact) mass is 359 g/mol. The highest BCUT2D eigenvalue weighted by Crippen LogP contribution is 2.23. The van der Waals surface area contributed by atoms with Crippen molar-refractivity contribution in [2.24, 2.45) is 5.73 Å². The lowest BCUT2D eigenvalue weighted by atomic mass is 10.1. The van der Waals surface area contributed by atoms with Crippen LogP contribution in [-0.2, 0) is 11.3 Å². The summed E-state index contributed by atoms with van der Waals surface area (Å²) in [5.41, 5.74) is 14.1. The van der Waals surface area contributed by atoms with E-state index in [1.807, 2.05) is 30.6 Å². The average Bonchev–Trinajstić information content (AvgIpc) is 2.90. The quantitative estimate of drug-likeness (QED) is 0.492. The van der Waals surface area contributed by atoms with Crippen LogP contribution < -0.4 is 16.8 Å². The number of aryl methyl sites for hydroxylation is 1. The first kappa shape index (κ1) is 19.3. The van der Waals surface area contributed by atoms with Crippen molar-refractivity contribution < 1.29 is 14.3 Å². The number of anilines is 1. The summed E-state index contributed by atoms with van der Waals surface area (Å²) >= 11 is 0. The van der Waals surface area contributed by atoms with E-state index in [1.54, 1.807) is 12.1 Å². The smallest absolute Gasteiger partial charge is 0.407 e. The molecule has 1 heterocycles. The Morgan fingerprint density at radius 1 is 1.35 bits per heavy atom. The number of carbonyl (C=O) groups is 2. The molecule has 0 unspecified atom stereocenters. The second-order valence-electron chi connectivity index (χ2n) is 5.95. The number of rotatable bonds is 8. The standard InChI is InChI=1S/C18H25N5O3/c1-3-4-9-26-18(25)21-7-5-6-8-23-15-12(2)10-13(16(19)24)11-14(15)22-17(23)20/h5-6,10-11H,3-4,7-9H2,1-2H3,(H2,19,24)(H2,20,22)(H,21,25)/b6-5+. The Morgan fingerprint density at radius 3 is 2.81 bits per heavy atom. The van der Waals surface area contributed by atoms with Gasteiger partial charge in [0.05, 0.1) is 17.6 Å². The Morgan fingerprint density at radius 2 is 2.12 bits per heavy atom. The van der Waals surface area contributed by atoms with E-state index in [9.17, 15) is 9.59 Å². The van der Waals surface area contributed by atoms with Crippen LogP contribution in [0.2, 0.25) is 0 Å². The fourth-order valence-electron chi connectivity index (χ4n) is 2.59. The number of fused-ring (bicyclic) bond motifs is 1. The number of nitrogens with two attached hydrogens (primary N) is 2. The lowest BCUT2D eigenvalue weighted by Gasteiger charge is -2.07. The minimum Gasteiger partial charge on any atom is -0.450 e. The molecule has 2 amide bonds. The summed E-state index contributed by atoms with van der Waals surface area (Å²) in [6.45, 7) is 5.19. The highest BCUT2D eigenvalue weighted by Gasteiger charge is 2.13. The molecule has 2 rings (SSSR count). The summed E-state index contributed by atoms with van der Waals surface area (Å²) in [4.78, 5) is 27.1. The van der Waals surface area contributed by atoms with Crippen molar-refractivity contribution in [3.8, 4) is 0 Å². The number of alkyl carbamates (subject to hydrolysis) is 1. The fraction of sp³-hybridized carbons (Fsp3) is 0.389. The molecular formula is C18H25N5O3. The van der Waals surface area contributed by atoms with Crippen LogP contribution in [-0.4, -0.2) is 34.7 Å². The van der Waals surface area contributed by atoms with Crippen LogP contribution in [0.15, 0.2) is 24.3 Å². The Kier molecular flexibility index (Phi) is 6.60. The number of ether oxygens (including phenoxy) is 1.